The van der Waals surface area contributed by atoms with Crippen LogP contribution in [0.1, 0.15) is 25.8 Å². The Kier molecular flexibility index (Phi) is 2.85. The quantitative estimate of drug-likeness (QED) is 0.756. The van der Waals surface area contributed by atoms with E-state index in [4.69, 9.17) is 0 Å². The Hall–Kier alpha value is -1.18. The molecular formula is C13H20N2. The maximum Gasteiger partial charge on any atom is 0.0607 e. The van der Waals surface area contributed by atoms with Crippen LogP contribution in [-0.4, -0.2) is 19.1 Å². The Morgan fingerprint density at radius 3 is 2.87 bits per heavy atom. The Morgan fingerprint density at radius 1 is 1.33 bits per heavy atom. The van der Waals surface area contributed by atoms with Crippen molar-refractivity contribution >= 4 is 11.4 Å². The van der Waals surface area contributed by atoms with Crippen molar-refractivity contribution < 1.29 is 0 Å². The van der Waals surface area contributed by atoms with Crippen LogP contribution < -0.4 is 10.2 Å². The predicted octanol–water partition coefficient (Wildman–Crippen LogP) is 3.03. The summed E-state index contributed by atoms with van der Waals surface area (Å²) in [4.78, 5) is 2.49. The van der Waals surface area contributed by atoms with Crippen molar-refractivity contribution in [3.8, 4) is 0 Å². The molecule has 15 heavy (non-hydrogen) atoms. The fraction of sp³-hybridized carbons (Fsp3) is 0.538. The van der Waals surface area contributed by atoms with Gasteiger partial charge >= 0.3 is 0 Å². The molecule has 1 heterocycles. The van der Waals surface area contributed by atoms with Crippen LogP contribution in [0.5, 0.6) is 0 Å². The van der Waals surface area contributed by atoms with Crippen LogP contribution in [0.2, 0.25) is 0 Å². The highest BCUT2D eigenvalue weighted by Gasteiger charge is 2.17. The zero-order valence-corrected chi connectivity index (χ0v) is 9.88. The maximum absolute atomic E-state index is 3.54. The van der Waals surface area contributed by atoms with Crippen molar-refractivity contribution in [1.82, 2.24) is 0 Å². The van der Waals surface area contributed by atoms with Crippen molar-refractivity contribution in [2.45, 2.75) is 33.2 Å². The third kappa shape index (κ3) is 1.94. The van der Waals surface area contributed by atoms with Gasteiger partial charge in [0.15, 0.2) is 0 Å². The first kappa shape index (κ1) is 10.3. The Morgan fingerprint density at radius 2 is 2.13 bits per heavy atom. The Labute approximate surface area is 92.3 Å². The maximum atomic E-state index is 3.54. The molecule has 0 aromatic heterocycles. The third-order valence-electron chi connectivity index (χ3n) is 3.06. The SMILES string of the molecule is Cc1cccc2c1NCCCN2C(C)C. The largest absolute Gasteiger partial charge is 0.383 e. The van der Waals surface area contributed by atoms with Crippen LogP contribution in [0.3, 0.4) is 0 Å². The summed E-state index contributed by atoms with van der Waals surface area (Å²) in [6.45, 7) is 8.94. The molecule has 1 aliphatic heterocycles. The monoisotopic (exact) mass is 204 g/mol. The van der Waals surface area contributed by atoms with E-state index in [2.05, 4.69) is 49.2 Å². The number of anilines is 2. The highest BCUT2D eigenvalue weighted by Crippen LogP contribution is 2.32. The van der Waals surface area contributed by atoms with Gasteiger partial charge in [-0.2, -0.15) is 0 Å². The van der Waals surface area contributed by atoms with Crippen molar-refractivity contribution in [3.63, 3.8) is 0 Å². The van der Waals surface area contributed by atoms with Crippen LogP contribution in [0.25, 0.3) is 0 Å². The van der Waals surface area contributed by atoms with Gasteiger partial charge in [-0.3, -0.25) is 0 Å². The number of para-hydroxylation sites is 1. The molecule has 0 unspecified atom stereocenters. The minimum absolute atomic E-state index is 0.574. The molecule has 2 rings (SSSR count). The van der Waals surface area contributed by atoms with Crippen LogP contribution in [0.4, 0.5) is 11.4 Å². The molecule has 0 aliphatic carbocycles. The molecule has 0 atom stereocenters. The van der Waals surface area contributed by atoms with E-state index >= 15 is 0 Å². The first-order valence-corrected chi connectivity index (χ1v) is 5.80. The number of nitrogens with one attached hydrogen (secondary N) is 1. The molecular weight excluding hydrogens is 184 g/mol. The third-order valence-corrected chi connectivity index (χ3v) is 3.06. The number of rotatable bonds is 1. The molecule has 0 saturated carbocycles. The lowest BCUT2D eigenvalue weighted by Crippen LogP contribution is -2.31. The zero-order valence-electron chi connectivity index (χ0n) is 9.88. The molecule has 1 N–H and O–H groups in total. The zero-order chi connectivity index (χ0) is 10.8. The average molecular weight is 204 g/mol. The first-order chi connectivity index (χ1) is 7.20. The lowest BCUT2D eigenvalue weighted by molar-refractivity contribution is 0.672. The molecule has 0 fully saturated rings. The number of hydrogen-bond donors (Lipinski definition) is 1. The summed E-state index contributed by atoms with van der Waals surface area (Å²) < 4.78 is 0. The van der Waals surface area contributed by atoms with E-state index in [0.29, 0.717) is 6.04 Å². The average Bonchev–Trinajstić information content (AvgIpc) is 2.40. The van der Waals surface area contributed by atoms with E-state index < -0.39 is 0 Å². The highest BCUT2D eigenvalue weighted by atomic mass is 15.2. The number of benzene rings is 1. The molecule has 2 heteroatoms. The molecule has 0 radical (unpaired) electrons. The predicted molar refractivity (Wildman–Crippen MR) is 66.8 cm³/mol. The molecule has 0 saturated heterocycles. The van der Waals surface area contributed by atoms with Gasteiger partial charge in [-0.15, -0.1) is 0 Å². The van der Waals surface area contributed by atoms with Gasteiger partial charge in [0.05, 0.1) is 11.4 Å². The molecule has 1 aromatic carbocycles. The Bertz CT molecular complexity index is 344. The fourth-order valence-electron chi connectivity index (χ4n) is 2.24. The van der Waals surface area contributed by atoms with Gasteiger partial charge < -0.3 is 10.2 Å². The number of hydrogen-bond acceptors (Lipinski definition) is 2. The molecule has 82 valence electrons. The topological polar surface area (TPSA) is 15.3 Å². The molecule has 0 spiro atoms. The van der Waals surface area contributed by atoms with E-state index in [9.17, 15) is 0 Å². The molecule has 0 bridgehead atoms. The summed E-state index contributed by atoms with van der Waals surface area (Å²) in [5, 5.41) is 3.54. The normalized spacial score (nSPS) is 15.9. The molecule has 2 nitrogen and oxygen atoms in total. The van der Waals surface area contributed by atoms with E-state index in [0.717, 1.165) is 13.1 Å². The summed E-state index contributed by atoms with van der Waals surface area (Å²) in [6, 6.07) is 7.12. The first-order valence-electron chi connectivity index (χ1n) is 5.80. The number of aryl methyl sites for hydroxylation is 1. The standard InChI is InChI=1S/C13H20N2/c1-10(2)15-9-5-8-14-13-11(3)6-4-7-12(13)15/h4,6-7,10,14H,5,8-9H2,1-3H3. The van der Waals surface area contributed by atoms with Crippen LogP contribution in [0, 0.1) is 6.92 Å². The minimum Gasteiger partial charge on any atom is -0.383 e. The van der Waals surface area contributed by atoms with Crippen LogP contribution in [0.15, 0.2) is 18.2 Å². The van der Waals surface area contributed by atoms with Crippen LogP contribution >= 0.6 is 0 Å². The van der Waals surface area contributed by atoms with Crippen molar-refractivity contribution in [2.75, 3.05) is 23.3 Å². The smallest absolute Gasteiger partial charge is 0.0607 e. The molecule has 0 amide bonds. The molecule has 1 aromatic rings. The van der Waals surface area contributed by atoms with Gasteiger partial charge in [-0.1, -0.05) is 12.1 Å². The van der Waals surface area contributed by atoms with E-state index in [1.54, 1.807) is 0 Å². The Balaban J connectivity index is 2.45. The van der Waals surface area contributed by atoms with Gasteiger partial charge in [0.2, 0.25) is 0 Å². The van der Waals surface area contributed by atoms with E-state index in [1.807, 2.05) is 0 Å². The summed E-state index contributed by atoms with van der Waals surface area (Å²) in [7, 11) is 0. The lowest BCUT2D eigenvalue weighted by atomic mass is 10.1. The lowest BCUT2D eigenvalue weighted by Gasteiger charge is -2.29. The summed E-state index contributed by atoms with van der Waals surface area (Å²) in [6.07, 6.45) is 1.21. The van der Waals surface area contributed by atoms with Crippen molar-refractivity contribution in [3.05, 3.63) is 23.8 Å². The number of fused-ring (bicyclic) bond motifs is 1. The summed E-state index contributed by atoms with van der Waals surface area (Å²) in [5.41, 5.74) is 4.03. The van der Waals surface area contributed by atoms with E-state index in [-0.39, 0.29) is 0 Å². The second-order valence-electron chi connectivity index (χ2n) is 4.54. The van der Waals surface area contributed by atoms with Gasteiger partial charge in [0, 0.05) is 19.1 Å². The highest BCUT2D eigenvalue weighted by molar-refractivity contribution is 5.74. The van der Waals surface area contributed by atoms with Gasteiger partial charge in [-0.25, -0.2) is 0 Å². The second kappa shape index (κ2) is 4.13. The van der Waals surface area contributed by atoms with Crippen molar-refractivity contribution in [2.24, 2.45) is 0 Å². The van der Waals surface area contributed by atoms with E-state index in [1.165, 1.54) is 23.4 Å². The fourth-order valence-corrected chi connectivity index (χ4v) is 2.24. The number of nitrogens with zero attached hydrogens (tertiary/aromatic N) is 1. The van der Waals surface area contributed by atoms with Gasteiger partial charge in [-0.05, 0) is 38.8 Å². The van der Waals surface area contributed by atoms with Crippen molar-refractivity contribution in [1.29, 1.82) is 0 Å². The van der Waals surface area contributed by atoms with Gasteiger partial charge in [0.25, 0.3) is 0 Å². The molecule has 1 aliphatic rings. The summed E-state index contributed by atoms with van der Waals surface area (Å²) in [5.74, 6) is 0. The minimum atomic E-state index is 0.574. The second-order valence-corrected chi connectivity index (χ2v) is 4.54. The van der Waals surface area contributed by atoms with Gasteiger partial charge in [0.1, 0.15) is 0 Å². The van der Waals surface area contributed by atoms with Crippen LogP contribution in [-0.2, 0) is 0 Å². The summed E-state index contributed by atoms with van der Waals surface area (Å²) >= 11 is 0.